The predicted molar refractivity (Wildman–Crippen MR) is 105 cm³/mol. The molecule has 0 radical (unpaired) electrons. The van der Waals surface area contributed by atoms with Crippen LogP contribution in [0, 0.1) is 12.8 Å². The van der Waals surface area contributed by atoms with Crippen LogP contribution in [0.3, 0.4) is 0 Å². The molecule has 1 aliphatic heterocycles. The van der Waals surface area contributed by atoms with Crippen LogP contribution < -0.4 is 0 Å². The quantitative estimate of drug-likeness (QED) is 0.804. The molecule has 0 N–H and O–H groups in total. The minimum atomic E-state index is -0.315. The summed E-state index contributed by atoms with van der Waals surface area (Å²) in [6.07, 6.45) is 0.380. The van der Waals surface area contributed by atoms with Crippen molar-refractivity contribution in [2.75, 3.05) is 32.8 Å². The molecule has 3 rings (SSSR count). The molecule has 2 heterocycles. The minimum Gasteiger partial charge on any atom is -0.449 e. The van der Waals surface area contributed by atoms with Gasteiger partial charge in [0.05, 0.1) is 6.61 Å². The van der Waals surface area contributed by atoms with Gasteiger partial charge < -0.3 is 19.1 Å². The van der Waals surface area contributed by atoms with Crippen LogP contribution >= 0.6 is 0 Å². The number of benzene rings is 1. The number of aromatic nitrogens is 1. The molecule has 1 aromatic heterocycles. The molecule has 2 aromatic rings. The highest BCUT2D eigenvalue weighted by Crippen LogP contribution is 2.21. The smallest absolute Gasteiger partial charge is 0.409 e. The third kappa shape index (κ3) is 4.91. The van der Waals surface area contributed by atoms with Crippen molar-refractivity contribution in [1.29, 1.82) is 0 Å². The summed E-state index contributed by atoms with van der Waals surface area (Å²) in [4.78, 5) is 28.3. The Labute approximate surface area is 165 Å². The lowest BCUT2D eigenvalue weighted by Gasteiger charge is -2.21. The monoisotopic (exact) mass is 385 g/mol. The van der Waals surface area contributed by atoms with Crippen molar-refractivity contribution in [2.24, 2.45) is 5.92 Å². The van der Waals surface area contributed by atoms with Gasteiger partial charge in [0.15, 0.2) is 0 Å². The third-order valence-corrected chi connectivity index (χ3v) is 4.65. The van der Waals surface area contributed by atoms with Gasteiger partial charge in [0.2, 0.25) is 5.76 Å². The van der Waals surface area contributed by atoms with Gasteiger partial charge in [0, 0.05) is 37.8 Å². The molecule has 0 aliphatic carbocycles. The molecule has 1 fully saturated rings. The molecule has 0 unspecified atom stereocenters. The Bertz CT molecular complexity index is 813. The molecule has 7 nitrogen and oxygen atoms in total. The van der Waals surface area contributed by atoms with Gasteiger partial charge in [-0.25, -0.2) is 4.79 Å². The Morgan fingerprint density at radius 2 is 1.79 bits per heavy atom. The first kappa shape index (κ1) is 19.9. The summed E-state index contributed by atoms with van der Waals surface area (Å²) in [6, 6.07) is 9.56. The summed E-state index contributed by atoms with van der Waals surface area (Å²) >= 11 is 0. The molecule has 1 aliphatic rings. The summed E-state index contributed by atoms with van der Waals surface area (Å²) < 4.78 is 10.6. The van der Waals surface area contributed by atoms with E-state index in [4.69, 9.17) is 9.26 Å². The van der Waals surface area contributed by atoms with E-state index >= 15 is 0 Å². The highest BCUT2D eigenvalue weighted by molar-refractivity contribution is 5.92. The zero-order valence-electron chi connectivity index (χ0n) is 16.7. The van der Waals surface area contributed by atoms with Gasteiger partial charge in [-0.3, -0.25) is 4.79 Å². The van der Waals surface area contributed by atoms with Crippen molar-refractivity contribution in [1.82, 2.24) is 15.0 Å². The SMILES string of the molecule is Cc1ccc(-c2cc(C(=O)N3CCCN(C(=O)OCC(C)C)CC3)on2)cc1. The van der Waals surface area contributed by atoms with E-state index in [1.807, 2.05) is 45.0 Å². The van der Waals surface area contributed by atoms with E-state index in [0.29, 0.717) is 50.8 Å². The zero-order valence-corrected chi connectivity index (χ0v) is 16.7. The van der Waals surface area contributed by atoms with E-state index in [1.165, 1.54) is 0 Å². The maximum atomic E-state index is 12.8. The largest absolute Gasteiger partial charge is 0.449 e. The van der Waals surface area contributed by atoms with Crippen molar-refractivity contribution < 1.29 is 18.8 Å². The van der Waals surface area contributed by atoms with E-state index in [2.05, 4.69) is 5.16 Å². The van der Waals surface area contributed by atoms with E-state index in [9.17, 15) is 9.59 Å². The summed E-state index contributed by atoms with van der Waals surface area (Å²) in [5, 5.41) is 4.03. The molecular weight excluding hydrogens is 358 g/mol. The van der Waals surface area contributed by atoms with Crippen LogP contribution in [0.2, 0.25) is 0 Å². The summed E-state index contributed by atoms with van der Waals surface area (Å²) in [6.45, 7) is 8.44. The van der Waals surface area contributed by atoms with Crippen LogP contribution in [0.1, 0.15) is 36.4 Å². The number of carbonyl (C=O) groups is 2. The Morgan fingerprint density at radius 1 is 1.11 bits per heavy atom. The molecule has 1 aromatic carbocycles. The maximum absolute atomic E-state index is 12.8. The number of rotatable bonds is 4. The van der Waals surface area contributed by atoms with Crippen LogP contribution in [0.25, 0.3) is 11.3 Å². The Morgan fingerprint density at radius 3 is 2.50 bits per heavy atom. The number of amides is 2. The summed E-state index contributed by atoms with van der Waals surface area (Å²) in [5.41, 5.74) is 2.70. The lowest BCUT2D eigenvalue weighted by atomic mass is 10.1. The molecule has 28 heavy (non-hydrogen) atoms. The molecule has 7 heteroatoms. The van der Waals surface area contributed by atoms with Gasteiger partial charge in [-0.15, -0.1) is 0 Å². The van der Waals surface area contributed by atoms with Gasteiger partial charge >= 0.3 is 6.09 Å². The molecule has 1 saturated heterocycles. The van der Waals surface area contributed by atoms with Crippen molar-refractivity contribution in [3.05, 3.63) is 41.7 Å². The van der Waals surface area contributed by atoms with E-state index < -0.39 is 0 Å². The first-order chi connectivity index (χ1) is 13.4. The standard InChI is InChI=1S/C21H27N3O4/c1-15(2)14-27-21(26)24-10-4-9-23(11-12-24)20(25)19-13-18(22-28-19)17-7-5-16(3)6-8-17/h5-8,13,15H,4,9-12,14H2,1-3H3. The second kappa shape index (κ2) is 8.91. The lowest BCUT2D eigenvalue weighted by molar-refractivity contribution is 0.0708. The highest BCUT2D eigenvalue weighted by atomic mass is 16.6. The van der Waals surface area contributed by atoms with Gasteiger partial charge in [-0.2, -0.15) is 0 Å². The molecule has 2 amide bonds. The van der Waals surface area contributed by atoms with Crippen LogP contribution in [0.5, 0.6) is 0 Å². The normalized spacial score (nSPS) is 14.9. The first-order valence-electron chi connectivity index (χ1n) is 9.69. The average molecular weight is 385 g/mol. The Hall–Kier alpha value is -2.83. The van der Waals surface area contributed by atoms with Crippen molar-refractivity contribution >= 4 is 12.0 Å². The molecule has 0 atom stereocenters. The van der Waals surface area contributed by atoms with Crippen molar-refractivity contribution in [2.45, 2.75) is 27.2 Å². The highest BCUT2D eigenvalue weighted by Gasteiger charge is 2.26. The second-order valence-corrected chi connectivity index (χ2v) is 7.55. The lowest BCUT2D eigenvalue weighted by Crippen LogP contribution is -2.37. The molecule has 0 spiro atoms. The van der Waals surface area contributed by atoms with Gasteiger partial charge in [-0.05, 0) is 19.3 Å². The fourth-order valence-electron chi connectivity index (χ4n) is 3.02. The maximum Gasteiger partial charge on any atom is 0.409 e. The number of nitrogens with zero attached hydrogens (tertiary/aromatic N) is 3. The number of hydrogen-bond donors (Lipinski definition) is 0. The van der Waals surface area contributed by atoms with Gasteiger partial charge in [-0.1, -0.05) is 48.8 Å². The van der Waals surface area contributed by atoms with Crippen molar-refractivity contribution in [3.8, 4) is 11.3 Å². The predicted octanol–water partition coefficient (Wildman–Crippen LogP) is 3.59. The fourth-order valence-corrected chi connectivity index (χ4v) is 3.02. The van der Waals surface area contributed by atoms with E-state index in [1.54, 1.807) is 15.9 Å². The molecular formula is C21H27N3O4. The average Bonchev–Trinajstić information content (AvgIpc) is 3.04. The number of carbonyl (C=O) groups excluding carboxylic acids is 2. The van der Waals surface area contributed by atoms with Crippen LogP contribution in [-0.4, -0.2) is 59.7 Å². The number of ether oxygens (including phenoxy) is 1. The molecule has 0 saturated carbocycles. The van der Waals surface area contributed by atoms with Crippen LogP contribution in [0.15, 0.2) is 34.9 Å². The number of aryl methyl sites for hydroxylation is 1. The summed E-state index contributed by atoms with van der Waals surface area (Å²) in [7, 11) is 0. The van der Waals surface area contributed by atoms with E-state index in [0.717, 1.165) is 11.1 Å². The fraction of sp³-hybridized carbons (Fsp3) is 0.476. The Balaban J connectivity index is 1.60. The number of hydrogen-bond acceptors (Lipinski definition) is 5. The van der Waals surface area contributed by atoms with Crippen LogP contribution in [-0.2, 0) is 4.74 Å². The van der Waals surface area contributed by atoms with Gasteiger partial charge in [0.1, 0.15) is 5.69 Å². The molecule has 0 bridgehead atoms. The second-order valence-electron chi connectivity index (χ2n) is 7.55. The topological polar surface area (TPSA) is 75.9 Å². The van der Waals surface area contributed by atoms with E-state index in [-0.39, 0.29) is 17.8 Å². The Kier molecular flexibility index (Phi) is 6.34. The minimum absolute atomic E-state index is 0.205. The molecule has 150 valence electrons. The van der Waals surface area contributed by atoms with Gasteiger partial charge in [0.25, 0.3) is 5.91 Å². The first-order valence-corrected chi connectivity index (χ1v) is 9.69. The third-order valence-electron chi connectivity index (χ3n) is 4.65. The van der Waals surface area contributed by atoms with Crippen LogP contribution in [0.4, 0.5) is 4.79 Å². The summed E-state index contributed by atoms with van der Waals surface area (Å²) in [5.74, 6) is 0.304. The zero-order chi connectivity index (χ0) is 20.1. The van der Waals surface area contributed by atoms with Crippen molar-refractivity contribution in [3.63, 3.8) is 0 Å².